The fourth-order valence-electron chi connectivity index (χ4n) is 1.98. The van der Waals surface area contributed by atoms with Crippen LogP contribution in [0.2, 0.25) is 0 Å². The molecular weight excluding hydrogens is 242 g/mol. The number of fused-ring (bicyclic) bond motifs is 1. The highest BCUT2D eigenvalue weighted by Gasteiger charge is 2.05. The first-order valence-electron chi connectivity index (χ1n) is 6.01. The molecule has 0 saturated carbocycles. The maximum Gasteiger partial charge on any atom is 0.264 e. The lowest BCUT2D eigenvalue weighted by Gasteiger charge is -1.98. The summed E-state index contributed by atoms with van der Waals surface area (Å²) in [5.74, 6) is 0.879. The number of nitrogens with zero attached hydrogens (tertiary/aromatic N) is 2. The fourth-order valence-corrected chi connectivity index (χ4v) is 1.98. The first kappa shape index (κ1) is 11.6. The molecule has 2 heterocycles. The SMILES string of the molecule is NCCc1nc2ccc(-c3ccc(=O)[nH]n3)cc2[nH]1. The molecule has 6 heteroatoms. The molecule has 0 saturated heterocycles. The molecule has 0 radical (unpaired) electrons. The van der Waals surface area contributed by atoms with Gasteiger partial charge in [0, 0.05) is 18.1 Å². The van der Waals surface area contributed by atoms with Crippen LogP contribution in [0.15, 0.2) is 35.1 Å². The number of nitrogens with two attached hydrogens (primary N) is 1. The van der Waals surface area contributed by atoms with Crippen LogP contribution in [0.3, 0.4) is 0 Å². The zero-order valence-electron chi connectivity index (χ0n) is 10.2. The van der Waals surface area contributed by atoms with Crippen LogP contribution in [0, 0.1) is 0 Å². The van der Waals surface area contributed by atoms with Crippen LogP contribution in [0.4, 0.5) is 0 Å². The molecule has 2 aromatic heterocycles. The van der Waals surface area contributed by atoms with Gasteiger partial charge in [-0.25, -0.2) is 10.1 Å². The van der Waals surface area contributed by atoms with Gasteiger partial charge in [0.25, 0.3) is 5.56 Å². The predicted molar refractivity (Wildman–Crippen MR) is 72.7 cm³/mol. The molecule has 3 rings (SSSR count). The van der Waals surface area contributed by atoms with E-state index in [0.717, 1.165) is 34.5 Å². The lowest BCUT2D eigenvalue weighted by Crippen LogP contribution is -2.05. The Bertz CT molecular complexity index is 754. The lowest BCUT2D eigenvalue weighted by molar-refractivity contribution is 0.900. The molecule has 4 N–H and O–H groups in total. The summed E-state index contributed by atoms with van der Waals surface area (Å²) in [6.07, 6.45) is 0.723. The number of aromatic amines is 2. The molecule has 0 unspecified atom stereocenters. The molecule has 1 aromatic carbocycles. The van der Waals surface area contributed by atoms with E-state index in [1.54, 1.807) is 6.07 Å². The summed E-state index contributed by atoms with van der Waals surface area (Å²) in [6, 6.07) is 8.96. The Kier molecular flexibility index (Phi) is 2.85. The Morgan fingerprint density at radius 3 is 2.84 bits per heavy atom. The number of H-pyrrole nitrogens is 2. The maximum atomic E-state index is 11.0. The van der Waals surface area contributed by atoms with Crippen molar-refractivity contribution in [3.05, 3.63) is 46.5 Å². The molecule has 0 aliphatic heterocycles. The van der Waals surface area contributed by atoms with E-state index in [9.17, 15) is 4.79 Å². The smallest absolute Gasteiger partial charge is 0.264 e. The van der Waals surface area contributed by atoms with E-state index in [-0.39, 0.29) is 5.56 Å². The summed E-state index contributed by atoms with van der Waals surface area (Å²) in [4.78, 5) is 18.7. The molecule has 19 heavy (non-hydrogen) atoms. The highest BCUT2D eigenvalue weighted by atomic mass is 16.1. The van der Waals surface area contributed by atoms with E-state index in [2.05, 4.69) is 20.2 Å². The van der Waals surface area contributed by atoms with Gasteiger partial charge in [0.15, 0.2) is 0 Å². The Morgan fingerprint density at radius 2 is 2.11 bits per heavy atom. The van der Waals surface area contributed by atoms with Gasteiger partial charge in [0.2, 0.25) is 0 Å². The molecule has 96 valence electrons. The van der Waals surface area contributed by atoms with E-state index in [1.807, 2.05) is 18.2 Å². The molecular formula is C13H13N5O. The van der Waals surface area contributed by atoms with Crippen molar-refractivity contribution in [1.82, 2.24) is 20.2 Å². The van der Waals surface area contributed by atoms with E-state index in [0.29, 0.717) is 6.54 Å². The van der Waals surface area contributed by atoms with Crippen LogP contribution in [0.25, 0.3) is 22.3 Å². The van der Waals surface area contributed by atoms with Crippen molar-refractivity contribution >= 4 is 11.0 Å². The zero-order valence-corrected chi connectivity index (χ0v) is 10.2. The number of nitrogens with one attached hydrogen (secondary N) is 2. The van der Waals surface area contributed by atoms with Gasteiger partial charge < -0.3 is 10.7 Å². The van der Waals surface area contributed by atoms with Gasteiger partial charge in [-0.2, -0.15) is 5.10 Å². The molecule has 0 aliphatic rings. The summed E-state index contributed by atoms with van der Waals surface area (Å²) >= 11 is 0. The molecule has 0 aliphatic carbocycles. The van der Waals surface area contributed by atoms with E-state index in [4.69, 9.17) is 5.73 Å². The van der Waals surface area contributed by atoms with Gasteiger partial charge in [-0.05, 0) is 24.7 Å². The topological polar surface area (TPSA) is 100 Å². The molecule has 0 amide bonds. The van der Waals surface area contributed by atoms with Gasteiger partial charge in [-0.15, -0.1) is 0 Å². The summed E-state index contributed by atoms with van der Waals surface area (Å²) in [7, 11) is 0. The minimum Gasteiger partial charge on any atom is -0.342 e. The van der Waals surface area contributed by atoms with Gasteiger partial charge in [0.05, 0.1) is 16.7 Å². The van der Waals surface area contributed by atoms with Gasteiger partial charge in [-0.1, -0.05) is 6.07 Å². The second-order valence-corrected chi connectivity index (χ2v) is 4.26. The molecule has 0 bridgehead atoms. The van der Waals surface area contributed by atoms with Crippen LogP contribution in [0.5, 0.6) is 0 Å². The largest absolute Gasteiger partial charge is 0.342 e. The van der Waals surface area contributed by atoms with Crippen molar-refractivity contribution in [3.8, 4) is 11.3 Å². The molecule has 6 nitrogen and oxygen atoms in total. The molecule has 0 fully saturated rings. The standard InChI is InChI=1S/C13H13N5O/c14-6-5-12-15-10-2-1-8(7-11(10)16-12)9-3-4-13(19)18-17-9/h1-4,7H,5-6,14H2,(H,15,16)(H,18,19). The number of hydrogen-bond donors (Lipinski definition) is 3. The second-order valence-electron chi connectivity index (χ2n) is 4.26. The first-order valence-corrected chi connectivity index (χ1v) is 6.01. The number of hydrogen-bond acceptors (Lipinski definition) is 4. The Morgan fingerprint density at radius 1 is 1.21 bits per heavy atom. The molecule has 3 aromatic rings. The molecule has 0 atom stereocenters. The van der Waals surface area contributed by atoms with Gasteiger partial charge >= 0.3 is 0 Å². The predicted octanol–water partition coefficient (Wildman–Crippen LogP) is 0.814. The highest BCUT2D eigenvalue weighted by Crippen LogP contribution is 2.20. The van der Waals surface area contributed by atoms with Crippen molar-refractivity contribution in [2.45, 2.75) is 6.42 Å². The van der Waals surface area contributed by atoms with Gasteiger partial charge in [0.1, 0.15) is 5.82 Å². The van der Waals surface area contributed by atoms with Crippen molar-refractivity contribution in [3.63, 3.8) is 0 Å². The third-order valence-electron chi connectivity index (χ3n) is 2.89. The van der Waals surface area contributed by atoms with Crippen LogP contribution >= 0.6 is 0 Å². The second kappa shape index (κ2) is 4.66. The summed E-state index contributed by atoms with van der Waals surface area (Å²) in [6.45, 7) is 0.564. The lowest BCUT2D eigenvalue weighted by atomic mass is 10.1. The average molecular weight is 255 g/mol. The van der Waals surface area contributed by atoms with Crippen molar-refractivity contribution in [2.24, 2.45) is 5.73 Å². The van der Waals surface area contributed by atoms with Crippen LogP contribution in [-0.2, 0) is 6.42 Å². The normalized spacial score (nSPS) is 11.0. The summed E-state index contributed by atoms with van der Waals surface area (Å²) < 4.78 is 0. The quantitative estimate of drug-likeness (QED) is 0.644. The third-order valence-corrected chi connectivity index (χ3v) is 2.89. The highest BCUT2D eigenvalue weighted by molar-refractivity contribution is 5.81. The fraction of sp³-hybridized carbons (Fsp3) is 0.154. The molecule has 0 spiro atoms. The summed E-state index contributed by atoms with van der Waals surface area (Å²) in [5, 5.41) is 6.43. The average Bonchev–Trinajstić information content (AvgIpc) is 2.81. The van der Waals surface area contributed by atoms with Gasteiger partial charge in [-0.3, -0.25) is 4.79 Å². The Labute approximate surface area is 108 Å². The number of imidazole rings is 1. The number of aromatic nitrogens is 4. The summed E-state index contributed by atoms with van der Waals surface area (Å²) in [5.41, 5.74) is 8.78. The van der Waals surface area contributed by atoms with Crippen LogP contribution in [0.1, 0.15) is 5.82 Å². The van der Waals surface area contributed by atoms with Crippen LogP contribution in [-0.4, -0.2) is 26.7 Å². The maximum absolute atomic E-state index is 11.0. The van der Waals surface area contributed by atoms with E-state index >= 15 is 0 Å². The zero-order chi connectivity index (χ0) is 13.2. The number of rotatable bonds is 3. The Hall–Kier alpha value is -2.47. The third kappa shape index (κ3) is 2.25. The van der Waals surface area contributed by atoms with Crippen molar-refractivity contribution in [2.75, 3.05) is 6.54 Å². The monoisotopic (exact) mass is 255 g/mol. The van der Waals surface area contributed by atoms with Crippen LogP contribution < -0.4 is 11.3 Å². The number of benzene rings is 1. The Balaban J connectivity index is 2.05. The van der Waals surface area contributed by atoms with E-state index in [1.165, 1.54) is 6.07 Å². The van der Waals surface area contributed by atoms with Crippen molar-refractivity contribution in [1.29, 1.82) is 0 Å². The first-order chi connectivity index (χ1) is 9.26. The van der Waals surface area contributed by atoms with Crippen molar-refractivity contribution < 1.29 is 0 Å². The van der Waals surface area contributed by atoms with E-state index < -0.39 is 0 Å². The minimum atomic E-state index is -0.211. The minimum absolute atomic E-state index is 0.211.